The van der Waals surface area contributed by atoms with Crippen molar-refractivity contribution in [2.75, 3.05) is 4.90 Å². The summed E-state index contributed by atoms with van der Waals surface area (Å²) in [5.41, 5.74) is 1.63. The van der Waals surface area contributed by atoms with Crippen LogP contribution in [-0.4, -0.2) is 28.0 Å². The Morgan fingerprint density at radius 1 is 1.24 bits per heavy atom. The van der Waals surface area contributed by atoms with Crippen molar-refractivity contribution >= 4 is 29.2 Å². The number of pyridine rings is 1. The summed E-state index contributed by atoms with van der Waals surface area (Å²) in [4.78, 5) is 29.3. The number of fused-ring (bicyclic) bond motifs is 1. The lowest BCUT2D eigenvalue weighted by Gasteiger charge is -2.22. The normalized spacial score (nSPS) is 16.6. The molecular formula is C15H11ClN2O3. The number of para-hydroxylation sites is 1. The average Bonchev–Trinajstić information content (AvgIpc) is 2.86. The van der Waals surface area contributed by atoms with E-state index in [9.17, 15) is 14.7 Å². The van der Waals surface area contributed by atoms with Crippen LogP contribution in [0.2, 0.25) is 5.15 Å². The monoisotopic (exact) mass is 302 g/mol. The van der Waals surface area contributed by atoms with Crippen molar-refractivity contribution in [2.45, 2.75) is 12.5 Å². The van der Waals surface area contributed by atoms with Crippen LogP contribution in [-0.2, 0) is 11.2 Å². The Morgan fingerprint density at radius 2 is 2.00 bits per heavy atom. The summed E-state index contributed by atoms with van der Waals surface area (Å²) in [6, 6.07) is 9.36. The van der Waals surface area contributed by atoms with Gasteiger partial charge in [-0.3, -0.25) is 9.69 Å². The Morgan fingerprint density at radius 3 is 2.71 bits per heavy atom. The molecule has 3 rings (SSSR count). The maximum atomic E-state index is 12.7. The van der Waals surface area contributed by atoms with Crippen LogP contribution in [0.5, 0.6) is 0 Å². The Bertz CT molecular complexity index is 732. The predicted molar refractivity (Wildman–Crippen MR) is 77.6 cm³/mol. The van der Waals surface area contributed by atoms with Crippen molar-refractivity contribution in [3.63, 3.8) is 0 Å². The van der Waals surface area contributed by atoms with E-state index in [2.05, 4.69) is 4.98 Å². The fraction of sp³-hybridized carbons (Fsp3) is 0.133. The van der Waals surface area contributed by atoms with Crippen LogP contribution in [0.25, 0.3) is 0 Å². The Labute approximate surface area is 125 Å². The predicted octanol–water partition coefficient (Wildman–Crippen LogP) is 2.39. The lowest BCUT2D eigenvalue weighted by molar-refractivity contribution is -0.138. The maximum absolute atomic E-state index is 12.7. The van der Waals surface area contributed by atoms with Crippen LogP contribution in [0.1, 0.15) is 15.9 Å². The molecule has 0 aliphatic carbocycles. The molecule has 1 atom stereocenters. The maximum Gasteiger partial charge on any atom is 0.327 e. The summed E-state index contributed by atoms with van der Waals surface area (Å²) in [6.45, 7) is 0. The third kappa shape index (κ3) is 2.25. The molecule has 0 radical (unpaired) electrons. The molecule has 1 N–H and O–H groups in total. The molecule has 2 aromatic rings. The van der Waals surface area contributed by atoms with Gasteiger partial charge in [-0.2, -0.15) is 0 Å². The van der Waals surface area contributed by atoms with Crippen LogP contribution in [0, 0.1) is 0 Å². The first-order chi connectivity index (χ1) is 10.1. The van der Waals surface area contributed by atoms with E-state index in [0.29, 0.717) is 5.69 Å². The second-order valence-corrected chi connectivity index (χ2v) is 5.06. The number of carboxylic acid groups (broad SMARTS) is 1. The first-order valence-electron chi connectivity index (χ1n) is 6.34. The largest absolute Gasteiger partial charge is 0.480 e. The van der Waals surface area contributed by atoms with E-state index < -0.39 is 17.9 Å². The highest BCUT2D eigenvalue weighted by Gasteiger charge is 2.39. The number of aromatic nitrogens is 1. The van der Waals surface area contributed by atoms with Crippen molar-refractivity contribution in [2.24, 2.45) is 0 Å². The molecule has 6 heteroatoms. The lowest BCUT2D eigenvalue weighted by Crippen LogP contribution is -2.43. The highest BCUT2D eigenvalue weighted by molar-refractivity contribution is 6.33. The van der Waals surface area contributed by atoms with Gasteiger partial charge in [0.05, 0.1) is 5.56 Å². The van der Waals surface area contributed by atoms with Crippen LogP contribution >= 0.6 is 11.6 Å². The van der Waals surface area contributed by atoms with Gasteiger partial charge >= 0.3 is 5.97 Å². The molecule has 1 aliphatic heterocycles. The fourth-order valence-electron chi connectivity index (χ4n) is 2.51. The summed E-state index contributed by atoms with van der Waals surface area (Å²) in [5.74, 6) is -1.50. The summed E-state index contributed by atoms with van der Waals surface area (Å²) < 4.78 is 0. The first-order valence-corrected chi connectivity index (χ1v) is 6.72. The molecule has 2 heterocycles. The van der Waals surface area contributed by atoms with E-state index in [-0.39, 0.29) is 17.1 Å². The van der Waals surface area contributed by atoms with Gasteiger partial charge in [0, 0.05) is 18.3 Å². The van der Waals surface area contributed by atoms with Gasteiger partial charge in [0.1, 0.15) is 11.2 Å². The number of nitrogens with zero attached hydrogens (tertiary/aromatic N) is 2. The molecule has 1 amide bonds. The van der Waals surface area contributed by atoms with Crippen LogP contribution < -0.4 is 4.90 Å². The standard InChI is InChI=1S/C15H11ClN2O3/c16-13-10(5-3-7-17-13)14(19)18-11-6-2-1-4-9(11)8-12(18)15(20)21/h1-7,12H,8H2,(H,20,21). The third-order valence-electron chi connectivity index (χ3n) is 3.47. The quantitative estimate of drug-likeness (QED) is 0.865. The van der Waals surface area contributed by atoms with Gasteiger partial charge in [0.15, 0.2) is 0 Å². The van der Waals surface area contributed by atoms with Crippen molar-refractivity contribution < 1.29 is 14.7 Å². The molecule has 0 bridgehead atoms. The van der Waals surface area contributed by atoms with Crippen molar-refractivity contribution in [1.82, 2.24) is 4.98 Å². The van der Waals surface area contributed by atoms with E-state index in [1.165, 1.54) is 17.2 Å². The number of carbonyl (C=O) groups excluding carboxylic acids is 1. The number of rotatable bonds is 2. The SMILES string of the molecule is O=C(O)C1Cc2ccccc2N1C(=O)c1cccnc1Cl. The summed E-state index contributed by atoms with van der Waals surface area (Å²) in [6.07, 6.45) is 1.76. The molecule has 5 nitrogen and oxygen atoms in total. The zero-order chi connectivity index (χ0) is 15.0. The second-order valence-electron chi connectivity index (χ2n) is 4.70. The van der Waals surface area contributed by atoms with Crippen molar-refractivity contribution in [1.29, 1.82) is 0 Å². The number of aliphatic carboxylic acids is 1. The number of carboxylic acids is 1. The average molecular weight is 303 g/mol. The van der Waals surface area contributed by atoms with E-state index >= 15 is 0 Å². The lowest BCUT2D eigenvalue weighted by atomic mass is 10.1. The summed E-state index contributed by atoms with van der Waals surface area (Å²) in [7, 11) is 0. The number of hydrogen-bond donors (Lipinski definition) is 1. The Kier molecular flexibility index (Phi) is 3.35. The molecule has 1 aromatic carbocycles. The second kappa shape index (κ2) is 5.18. The van der Waals surface area contributed by atoms with Gasteiger partial charge < -0.3 is 5.11 Å². The summed E-state index contributed by atoms with van der Waals surface area (Å²) in [5, 5.41) is 9.44. The molecule has 1 unspecified atom stereocenters. The molecule has 0 fully saturated rings. The van der Waals surface area contributed by atoms with Crippen LogP contribution in [0.15, 0.2) is 42.6 Å². The molecule has 21 heavy (non-hydrogen) atoms. The van der Waals surface area contributed by atoms with Gasteiger partial charge in [-0.1, -0.05) is 29.8 Å². The Hall–Kier alpha value is -2.40. The third-order valence-corrected chi connectivity index (χ3v) is 3.77. The minimum Gasteiger partial charge on any atom is -0.480 e. The topological polar surface area (TPSA) is 70.5 Å². The highest BCUT2D eigenvalue weighted by atomic mass is 35.5. The molecule has 0 saturated heterocycles. The van der Waals surface area contributed by atoms with E-state index in [0.717, 1.165) is 5.56 Å². The smallest absolute Gasteiger partial charge is 0.327 e. The zero-order valence-electron chi connectivity index (χ0n) is 10.9. The number of hydrogen-bond acceptors (Lipinski definition) is 3. The van der Waals surface area contributed by atoms with E-state index in [1.54, 1.807) is 18.2 Å². The fourth-order valence-corrected chi connectivity index (χ4v) is 2.71. The Balaban J connectivity index is 2.08. The molecule has 0 spiro atoms. The van der Waals surface area contributed by atoms with Crippen LogP contribution in [0.4, 0.5) is 5.69 Å². The van der Waals surface area contributed by atoms with E-state index in [4.69, 9.17) is 11.6 Å². The molecular weight excluding hydrogens is 292 g/mol. The first kappa shape index (κ1) is 13.6. The molecule has 1 aromatic heterocycles. The molecule has 106 valence electrons. The number of benzene rings is 1. The van der Waals surface area contributed by atoms with Crippen molar-refractivity contribution in [3.8, 4) is 0 Å². The van der Waals surface area contributed by atoms with Gasteiger partial charge in [0.25, 0.3) is 5.91 Å². The minimum absolute atomic E-state index is 0.0658. The number of anilines is 1. The molecule has 0 saturated carbocycles. The number of halogens is 1. The van der Waals surface area contributed by atoms with Gasteiger partial charge in [-0.15, -0.1) is 0 Å². The minimum atomic E-state index is -1.04. The summed E-state index contributed by atoms with van der Waals surface area (Å²) >= 11 is 5.95. The number of carbonyl (C=O) groups is 2. The van der Waals surface area contributed by atoms with E-state index in [1.807, 2.05) is 12.1 Å². The number of amides is 1. The van der Waals surface area contributed by atoms with Gasteiger partial charge in [0.2, 0.25) is 0 Å². The molecule has 1 aliphatic rings. The van der Waals surface area contributed by atoms with Crippen LogP contribution in [0.3, 0.4) is 0 Å². The van der Waals surface area contributed by atoms with Gasteiger partial charge in [-0.05, 0) is 23.8 Å². The van der Waals surface area contributed by atoms with Gasteiger partial charge in [-0.25, -0.2) is 9.78 Å². The zero-order valence-corrected chi connectivity index (χ0v) is 11.6. The van der Waals surface area contributed by atoms with Crippen molar-refractivity contribution in [3.05, 3.63) is 58.9 Å². The highest BCUT2D eigenvalue weighted by Crippen LogP contribution is 2.34.